The minimum atomic E-state index is -0.166. The van der Waals surface area contributed by atoms with Gasteiger partial charge in [-0.05, 0) is 62.1 Å². The lowest BCUT2D eigenvalue weighted by molar-refractivity contribution is 0.242. The Balaban J connectivity index is 1.52. The predicted octanol–water partition coefficient (Wildman–Crippen LogP) is 4.43. The van der Waals surface area contributed by atoms with E-state index in [-0.39, 0.29) is 17.3 Å². The molecule has 0 radical (unpaired) electrons. The lowest BCUT2D eigenvalue weighted by Crippen LogP contribution is -2.26. The average Bonchev–Trinajstić information content (AvgIpc) is 3.30. The molecule has 0 bridgehead atoms. The van der Waals surface area contributed by atoms with E-state index in [0.29, 0.717) is 0 Å². The Kier molecular flexibility index (Phi) is 4.67. The van der Waals surface area contributed by atoms with Crippen molar-refractivity contribution >= 4 is 0 Å². The minimum Gasteiger partial charge on any atom is -0.491 e. The monoisotopic (exact) mass is 313 g/mol. The van der Waals surface area contributed by atoms with Gasteiger partial charge < -0.3 is 10.1 Å². The van der Waals surface area contributed by atoms with Crippen LogP contribution in [0.15, 0.2) is 48.5 Å². The molecule has 2 aromatic rings. The van der Waals surface area contributed by atoms with Crippen LogP contribution in [0, 0.1) is 5.82 Å². The van der Waals surface area contributed by atoms with E-state index in [1.54, 1.807) is 12.1 Å². The second kappa shape index (κ2) is 6.71. The number of rotatable bonds is 7. The number of halogens is 1. The van der Waals surface area contributed by atoms with Gasteiger partial charge >= 0.3 is 0 Å². The Labute approximate surface area is 137 Å². The minimum absolute atomic E-state index is 0.166. The Bertz CT molecular complexity index is 630. The van der Waals surface area contributed by atoms with Gasteiger partial charge in [-0.15, -0.1) is 0 Å². The van der Waals surface area contributed by atoms with Crippen LogP contribution in [0.4, 0.5) is 4.39 Å². The normalized spacial score (nSPS) is 15.7. The fourth-order valence-electron chi connectivity index (χ4n) is 2.93. The summed E-state index contributed by atoms with van der Waals surface area (Å²) >= 11 is 0. The maximum absolute atomic E-state index is 13.1. The van der Waals surface area contributed by atoms with Crippen molar-refractivity contribution in [2.24, 2.45) is 0 Å². The highest BCUT2D eigenvalue weighted by Crippen LogP contribution is 2.47. The second-order valence-electron chi connectivity index (χ2n) is 6.70. The third-order valence-corrected chi connectivity index (χ3v) is 4.40. The van der Waals surface area contributed by atoms with Crippen molar-refractivity contribution in [3.05, 3.63) is 65.5 Å². The first-order valence-corrected chi connectivity index (χ1v) is 8.30. The molecule has 23 heavy (non-hydrogen) atoms. The molecule has 122 valence electrons. The fraction of sp³-hybridized carbons (Fsp3) is 0.400. The maximum Gasteiger partial charge on any atom is 0.123 e. The Morgan fingerprint density at radius 1 is 1.04 bits per heavy atom. The third-order valence-electron chi connectivity index (χ3n) is 4.40. The van der Waals surface area contributed by atoms with Crippen LogP contribution in [0.3, 0.4) is 0 Å². The van der Waals surface area contributed by atoms with Crippen LogP contribution < -0.4 is 10.1 Å². The maximum atomic E-state index is 13.1. The lowest BCUT2D eigenvalue weighted by Gasteiger charge is -2.17. The largest absolute Gasteiger partial charge is 0.491 e. The van der Waals surface area contributed by atoms with Gasteiger partial charge in [0.2, 0.25) is 0 Å². The van der Waals surface area contributed by atoms with Crippen LogP contribution >= 0.6 is 0 Å². The molecular formula is C20H24FNO. The zero-order valence-electron chi connectivity index (χ0n) is 13.8. The molecule has 3 rings (SSSR count). The summed E-state index contributed by atoms with van der Waals surface area (Å²) in [7, 11) is 0. The molecule has 0 spiro atoms. The summed E-state index contributed by atoms with van der Waals surface area (Å²) < 4.78 is 18.7. The molecule has 1 saturated carbocycles. The molecule has 1 fully saturated rings. The molecule has 0 saturated heterocycles. The molecule has 3 heteroatoms. The highest BCUT2D eigenvalue weighted by Gasteiger charge is 2.43. The summed E-state index contributed by atoms with van der Waals surface area (Å²) in [5.74, 6) is 0.745. The molecule has 0 amide bonds. The molecule has 0 heterocycles. The highest BCUT2D eigenvalue weighted by atomic mass is 19.1. The Morgan fingerprint density at radius 3 is 2.26 bits per heavy atom. The molecule has 1 aliphatic carbocycles. The molecule has 0 unspecified atom stereocenters. The molecule has 0 aliphatic heterocycles. The van der Waals surface area contributed by atoms with E-state index in [0.717, 1.165) is 18.8 Å². The van der Waals surface area contributed by atoms with E-state index in [2.05, 4.69) is 17.4 Å². The Morgan fingerprint density at radius 2 is 1.70 bits per heavy atom. The van der Waals surface area contributed by atoms with Gasteiger partial charge in [-0.3, -0.25) is 0 Å². The highest BCUT2D eigenvalue weighted by molar-refractivity contribution is 5.32. The Hall–Kier alpha value is -1.87. The van der Waals surface area contributed by atoms with Crippen molar-refractivity contribution in [2.75, 3.05) is 6.54 Å². The molecule has 2 aromatic carbocycles. The summed E-state index contributed by atoms with van der Waals surface area (Å²) in [5.41, 5.74) is 2.69. The zero-order chi connectivity index (χ0) is 16.3. The van der Waals surface area contributed by atoms with Gasteiger partial charge in [0.05, 0.1) is 6.10 Å². The van der Waals surface area contributed by atoms with Gasteiger partial charge in [-0.25, -0.2) is 4.39 Å². The molecule has 0 aromatic heterocycles. The molecule has 1 aliphatic rings. The average molecular weight is 313 g/mol. The van der Waals surface area contributed by atoms with Gasteiger partial charge in [0.1, 0.15) is 11.6 Å². The van der Waals surface area contributed by atoms with Crippen molar-refractivity contribution < 1.29 is 9.13 Å². The van der Waals surface area contributed by atoms with Crippen LogP contribution in [0.2, 0.25) is 0 Å². The standard InChI is InChI=1S/C20H24FNO/c1-15(2)23-19-9-3-16(4-10-19)13-22-14-20(11-12-20)17-5-7-18(21)8-6-17/h3-10,15,22H,11-14H2,1-2H3. The van der Waals surface area contributed by atoms with Crippen LogP contribution in [-0.2, 0) is 12.0 Å². The van der Waals surface area contributed by atoms with Gasteiger partial charge in [-0.2, -0.15) is 0 Å². The van der Waals surface area contributed by atoms with Gasteiger partial charge in [0.25, 0.3) is 0 Å². The van der Waals surface area contributed by atoms with E-state index in [1.807, 2.05) is 38.1 Å². The molecule has 0 atom stereocenters. The van der Waals surface area contributed by atoms with Crippen LogP contribution in [0.25, 0.3) is 0 Å². The smallest absolute Gasteiger partial charge is 0.123 e. The number of benzene rings is 2. The van der Waals surface area contributed by atoms with Crippen molar-refractivity contribution in [1.82, 2.24) is 5.32 Å². The topological polar surface area (TPSA) is 21.3 Å². The number of hydrogen-bond acceptors (Lipinski definition) is 2. The van der Waals surface area contributed by atoms with Crippen LogP contribution in [-0.4, -0.2) is 12.6 Å². The number of hydrogen-bond donors (Lipinski definition) is 1. The summed E-state index contributed by atoms with van der Waals surface area (Å²) in [6.07, 6.45) is 2.55. The summed E-state index contributed by atoms with van der Waals surface area (Å²) in [6, 6.07) is 15.2. The molecule has 1 N–H and O–H groups in total. The third kappa shape index (κ3) is 4.11. The fourth-order valence-corrected chi connectivity index (χ4v) is 2.93. The van der Waals surface area contributed by atoms with E-state index in [9.17, 15) is 4.39 Å². The first-order chi connectivity index (χ1) is 11.1. The first-order valence-electron chi connectivity index (χ1n) is 8.30. The molecular weight excluding hydrogens is 289 g/mol. The van der Waals surface area contributed by atoms with Crippen molar-refractivity contribution in [1.29, 1.82) is 0 Å². The van der Waals surface area contributed by atoms with Crippen molar-refractivity contribution in [3.8, 4) is 5.75 Å². The van der Waals surface area contributed by atoms with Gasteiger partial charge in [0, 0.05) is 18.5 Å². The summed E-state index contributed by atoms with van der Waals surface area (Å²) in [4.78, 5) is 0. The van der Waals surface area contributed by atoms with Crippen LogP contribution in [0.5, 0.6) is 5.75 Å². The lowest BCUT2D eigenvalue weighted by atomic mass is 9.96. The second-order valence-corrected chi connectivity index (χ2v) is 6.70. The SMILES string of the molecule is CC(C)Oc1ccc(CNCC2(c3ccc(F)cc3)CC2)cc1. The first kappa shape index (κ1) is 16.0. The number of ether oxygens (including phenoxy) is 1. The van der Waals surface area contributed by atoms with Crippen LogP contribution in [0.1, 0.15) is 37.8 Å². The van der Waals surface area contributed by atoms with E-state index in [4.69, 9.17) is 4.74 Å². The van der Waals surface area contributed by atoms with Crippen molar-refractivity contribution in [2.45, 2.75) is 44.8 Å². The summed E-state index contributed by atoms with van der Waals surface area (Å²) in [5, 5.41) is 3.54. The molecule has 2 nitrogen and oxygen atoms in total. The summed E-state index contributed by atoms with van der Waals surface area (Å²) in [6.45, 7) is 5.83. The number of nitrogens with one attached hydrogen (secondary N) is 1. The van der Waals surface area contributed by atoms with Crippen molar-refractivity contribution in [3.63, 3.8) is 0 Å². The van der Waals surface area contributed by atoms with E-state index in [1.165, 1.54) is 24.0 Å². The van der Waals surface area contributed by atoms with E-state index < -0.39 is 0 Å². The van der Waals surface area contributed by atoms with E-state index >= 15 is 0 Å². The zero-order valence-corrected chi connectivity index (χ0v) is 13.8. The predicted molar refractivity (Wildman–Crippen MR) is 91.2 cm³/mol. The van der Waals surface area contributed by atoms with Gasteiger partial charge in [0.15, 0.2) is 0 Å². The van der Waals surface area contributed by atoms with Gasteiger partial charge in [-0.1, -0.05) is 24.3 Å². The quantitative estimate of drug-likeness (QED) is 0.816.